The number of nitrogens with zero attached hydrogens (tertiary/aromatic N) is 5. The number of hydrogen-bond donors (Lipinski definition) is 1. The largest absolute Gasteiger partial charge is 0.467 e. The van der Waals surface area contributed by atoms with Gasteiger partial charge in [0, 0.05) is 23.7 Å². The molecule has 2 heterocycles. The van der Waals surface area contributed by atoms with Gasteiger partial charge in [-0.05, 0) is 31.4 Å². The Hall–Kier alpha value is -2.12. The standard InChI is InChI=1S/C16H18Cl2N6O/c1-25-16-21-14(20-15(22-16)24-7-3-2-4-8-24)23-19-10-11-5-6-12(17)9-13(11)18/h5-6,9-10H,2-4,7-8H2,1H3,(H,20,21,22,23). The summed E-state index contributed by atoms with van der Waals surface area (Å²) < 4.78 is 5.17. The fourth-order valence-electron chi connectivity index (χ4n) is 2.49. The molecule has 0 amide bonds. The van der Waals surface area contributed by atoms with E-state index in [2.05, 4.69) is 30.4 Å². The Bertz CT molecular complexity index is 764. The summed E-state index contributed by atoms with van der Waals surface area (Å²) in [6.45, 7) is 1.85. The molecule has 0 unspecified atom stereocenters. The molecule has 0 spiro atoms. The smallest absolute Gasteiger partial charge is 0.322 e. The van der Waals surface area contributed by atoms with E-state index in [1.807, 2.05) is 0 Å². The van der Waals surface area contributed by atoms with E-state index >= 15 is 0 Å². The molecule has 7 nitrogen and oxygen atoms in total. The molecule has 0 atom stereocenters. The van der Waals surface area contributed by atoms with E-state index in [4.69, 9.17) is 27.9 Å². The van der Waals surface area contributed by atoms with E-state index in [0.717, 1.165) is 31.5 Å². The number of halogens is 2. The van der Waals surface area contributed by atoms with Gasteiger partial charge in [-0.3, -0.25) is 0 Å². The van der Waals surface area contributed by atoms with Gasteiger partial charge in [-0.2, -0.15) is 20.1 Å². The van der Waals surface area contributed by atoms with E-state index in [0.29, 0.717) is 21.9 Å². The first-order valence-corrected chi connectivity index (χ1v) is 8.70. The van der Waals surface area contributed by atoms with Crippen molar-refractivity contribution in [3.8, 4) is 6.01 Å². The molecule has 3 rings (SSSR count). The van der Waals surface area contributed by atoms with E-state index in [-0.39, 0.29) is 6.01 Å². The third kappa shape index (κ3) is 4.70. The van der Waals surface area contributed by atoms with Crippen molar-refractivity contribution in [3.05, 3.63) is 33.8 Å². The van der Waals surface area contributed by atoms with Crippen molar-refractivity contribution in [2.24, 2.45) is 5.10 Å². The average molecular weight is 381 g/mol. The molecule has 1 N–H and O–H groups in total. The van der Waals surface area contributed by atoms with Gasteiger partial charge in [0.2, 0.25) is 5.95 Å². The van der Waals surface area contributed by atoms with Gasteiger partial charge in [0.25, 0.3) is 5.95 Å². The highest BCUT2D eigenvalue weighted by Crippen LogP contribution is 2.20. The van der Waals surface area contributed by atoms with Crippen LogP contribution in [-0.2, 0) is 0 Å². The third-order valence-electron chi connectivity index (χ3n) is 3.76. The predicted octanol–water partition coefficient (Wildman–Crippen LogP) is 3.62. The zero-order valence-corrected chi connectivity index (χ0v) is 15.3. The Kier molecular flexibility index (Phi) is 5.88. The SMILES string of the molecule is COc1nc(NN=Cc2ccc(Cl)cc2Cl)nc(N2CCCCC2)n1. The number of benzene rings is 1. The van der Waals surface area contributed by atoms with Crippen molar-refractivity contribution in [2.75, 3.05) is 30.5 Å². The molecule has 0 bridgehead atoms. The van der Waals surface area contributed by atoms with E-state index in [9.17, 15) is 0 Å². The van der Waals surface area contributed by atoms with Crippen LogP contribution >= 0.6 is 23.2 Å². The molecule has 1 saturated heterocycles. The lowest BCUT2D eigenvalue weighted by molar-refractivity contribution is 0.378. The molecule has 9 heteroatoms. The van der Waals surface area contributed by atoms with Crippen LogP contribution in [0.2, 0.25) is 10.0 Å². The van der Waals surface area contributed by atoms with E-state index in [1.165, 1.54) is 13.5 Å². The number of hydrazone groups is 1. The molecule has 0 aliphatic carbocycles. The monoisotopic (exact) mass is 380 g/mol. The summed E-state index contributed by atoms with van der Waals surface area (Å²) >= 11 is 12.0. The number of rotatable bonds is 5. The van der Waals surface area contributed by atoms with Crippen LogP contribution in [0.1, 0.15) is 24.8 Å². The van der Waals surface area contributed by atoms with Crippen LogP contribution in [0, 0.1) is 0 Å². The van der Waals surface area contributed by atoms with Gasteiger partial charge in [-0.1, -0.05) is 29.3 Å². The van der Waals surface area contributed by atoms with E-state index in [1.54, 1.807) is 24.4 Å². The summed E-state index contributed by atoms with van der Waals surface area (Å²) in [6, 6.07) is 5.43. The minimum atomic E-state index is 0.248. The second-order valence-corrected chi connectivity index (χ2v) is 6.37. The number of ether oxygens (including phenoxy) is 1. The van der Waals surface area contributed by atoms with Crippen LogP contribution in [0.5, 0.6) is 6.01 Å². The lowest BCUT2D eigenvalue weighted by Crippen LogP contribution is -2.31. The summed E-state index contributed by atoms with van der Waals surface area (Å²) in [6.07, 6.45) is 5.07. The summed E-state index contributed by atoms with van der Waals surface area (Å²) in [4.78, 5) is 15.0. The Balaban J connectivity index is 1.75. The van der Waals surface area contributed by atoms with Gasteiger partial charge < -0.3 is 9.64 Å². The average Bonchev–Trinajstić information content (AvgIpc) is 2.64. The maximum absolute atomic E-state index is 6.11. The second kappa shape index (κ2) is 8.31. The van der Waals surface area contributed by atoms with Gasteiger partial charge in [0.15, 0.2) is 0 Å². The Morgan fingerprint density at radius 2 is 1.96 bits per heavy atom. The van der Waals surface area contributed by atoms with E-state index < -0.39 is 0 Å². The van der Waals surface area contributed by atoms with Gasteiger partial charge in [-0.15, -0.1) is 0 Å². The molecule has 0 saturated carbocycles. The molecule has 1 fully saturated rings. The second-order valence-electron chi connectivity index (χ2n) is 5.53. The quantitative estimate of drug-likeness (QED) is 0.630. The first-order valence-electron chi connectivity index (χ1n) is 7.95. The Morgan fingerprint density at radius 1 is 1.16 bits per heavy atom. The molecule has 1 aliphatic heterocycles. The van der Waals surface area contributed by atoms with Crippen LogP contribution in [-0.4, -0.2) is 41.4 Å². The zero-order chi connectivity index (χ0) is 17.6. The minimum absolute atomic E-state index is 0.248. The highest BCUT2D eigenvalue weighted by molar-refractivity contribution is 6.36. The van der Waals surface area contributed by atoms with Crippen molar-refractivity contribution >= 4 is 41.3 Å². The minimum Gasteiger partial charge on any atom is -0.467 e. The zero-order valence-electron chi connectivity index (χ0n) is 13.7. The molecular weight excluding hydrogens is 363 g/mol. The number of aromatic nitrogens is 3. The molecule has 0 radical (unpaired) electrons. The first kappa shape index (κ1) is 17.7. The van der Waals surface area contributed by atoms with Crippen molar-refractivity contribution in [1.82, 2.24) is 15.0 Å². The Labute approximate surface area is 156 Å². The maximum Gasteiger partial charge on any atom is 0.322 e. The summed E-state index contributed by atoms with van der Waals surface area (Å²) in [7, 11) is 1.52. The van der Waals surface area contributed by atoms with Crippen LogP contribution in [0.3, 0.4) is 0 Å². The molecule has 1 aromatic carbocycles. The molecule has 132 valence electrons. The number of anilines is 2. The predicted molar refractivity (Wildman–Crippen MR) is 100 cm³/mol. The van der Waals surface area contributed by atoms with Crippen molar-refractivity contribution in [3.63, 3.8) is 0 Å². The van der Waals surface area contributed by atoms with Gasteiger partial charge in [0.1, 0.15) is 0 Å². The van der Waals surface area contributed by atoms with Crippen LogP contribution in [0.15, 0.2) is 23.3 Å². The van der Waals surface area contributed by atoms with Crippen molar-refractivity contribution in [2.45, 2.75) is 19.3 Å². The molecule has 25 heavy (non-hydrogen) atoms. The van der Waals surface area contributed by atoms with Crippen molar-refractivity contribution < 1.29 is 4.74 Å². The van der Waals surface area contributed by atoms with Gasteiger partial charge >= 0.3 is 6.01 Å². The molecule has 1 aliphatic rings. The number of hydrogen-bond acceptors (Lipinski definition) is 7. The van der Waals surface area contributed by atoms with Crippen LogP contribution < -0.4 is 15.1 Å². The lowest BCUT2D eigenvalue weighted by atomic mass is 10.1. The molecule has 1 aromatic heterocycles. The fourth-order valence-corrected chi connectivity index (χ4v) is 2.95. The lowest BCUT2D eigenvalue weighted by Gasteiger charge is -2.26. The third-order valence-corrected chi connectivity index (χ3v) is 4.32. The summed E-state index contributed by atoms with van der Waals surface area (Å²) in [5, 5.41) is 5.22. The Morgan fingerprint density at radius 3 is 2.68 bits per heavy atom. The maximum atomic E-state index is 6.11. The number of piperidine rings is 1. The molecular formula is C16H18Cl2N6O. The first-order chi connectivity index (χ1) is 12.2. The summed E-state index contributed by atoms with van der Waals surface area (Å²) in [5.41, 5.74) is 3.53. The van der Waals surface area contributed by atoms with Gasteiger partial charge in [0.05, 0.1) is 18.3 Å². The number of nitrogens with one attached hydrogen (secondary N) is 1. The van der Waals surface area contributed by atoms with Crippen LogP contribution in [0.4, 0.5) is 11.9 Å². The number of methoxy groups -OCH3 is 1. The molecule has 2 aromatic rings. The van der Waals surface area contributed by atoms with Crippen LogP contribution in [0.25, 0.3) is 0 Å². The highest BCUT2D eigenvalue weighted by atomic mass is 35.5. The normalized spacial score (nSPS) is 14.8. The topological polar surface area (TPSA) is 75.5 Å². The van der Waals surface area contributed by atoms with Crippen molar-refractivity contribution in [1.29, 1.82) is 0 Å². The highest BCUT2D eigenvalue weighted by Gasteiger charge is 2.16. The van der Waals surface area contributed by atoms with Gasteiger partial charge in [-0.25, -0.2) is 5.43 Å². The summed E-state index contributed by atoms with van der Waals surface area (Å²) in [5.74, 6) is 0.905. The fraction of sp³-hybridized carbons (Fsp3) is 0.375.